The van der Waals surface area contributed by atoms with E-state index in [0.717, 1.165) is 0 Å². The fraction of sp³-hybridized carbons (Fsp3) is 0.600. The van der Waals surface area contributed by atoms with E-state index in [1.54, 1.807) is 13.8 Å². The molecule has 0 heterocycles. The van der Waals surface area contributed by atoms with Crippen molar-refractivity contribution in [1.82, 2.24) is 0 Å². The maximum atomic E-state index is 10.2. The highest BCUT2D eigenvalue weighted by Crippen LogP contribution is 1.92. The van der Waals surface area contributed by atoms with Gasteiger partial charge in [0, 0.05) is 0 Å². The highest BCUT2D eigenvalue weighted by atomic mass is 16.5. The molecule has 0 aliphatic heterocycles. The third-order valence-corrected chi connectivity index (χ3v) is 0.614. The van der Waals surface area contributed by atoms with Gasteiger partial charge in [0.05, 0.1) is 5.92 Å². The molecule has 2 heteroatoms. The van der Waals surface area contributed by atoms with E-state index in [1.165, 1.54) is 0 Å². The van der Waals surface area contributed by atoms with E-state index in [0.29, 0.717) is 0 Å². The Balaban J connectivity index is 3.35. The summed E-state index contributed by atoms with van der Waals surface area (Å²) in [7, 11) is 2.96. The van der Waals surface area contributed by atoms with Crippen molar-refractivity contribution in [2.75, 3.05) is 0 Å². The second kappa shape index (κ2) is 2.61. The van der Waals surface area contributed by atoms with Crippen LogP contribution in [0, 0.1) is 13.0 Å². The van der Waals surface area contributed by atoms with Gasteiger partial charge in [-0.3, -0.25) is 4.79 Å². The SMILES string of the molecule is [CH2]OC(=O)C(C)C. The van der Waals surface area contributed by atoms with E-state index in [2.05, 4.69) is 11.8 Å². The van der Waals surface area contributed by atoms with E-state index in [-0.39, 0.29) is 11.9 Å². The molecule has 7 heavy (non-hydrogen) atoms. The zero-order valence-corrected chi connectivity index (χ0v) is 4.60. The van der Waals surface area contributed by atoms with Gasteiger partial charge in [-0.1, -0.05) is 13.8 Å². The second-order valence-corrected chi connectivity index (χ2v) is 1.62. The minimum atomic E-state index is -0.264. The molecule has 0 aromatic carbocycles. The Hall–Kier alpha value is -0.530. The predicted octanol–water partition coefficient (Wildman–Crippen LogP) is 0.977. The fourth-order valence-electron chi connectivity index (χ4n) is 0.167. The number of carbonyl (C=O) groups is 1. The Morgan fingerprint density at radius 2 is 2.14 bits per heavy atom. The monoisotopic (exact) mass is 101 g/mol. The van der Waals surface area contributed by atoms with Crippen LogP contribution in [0.2, 0.25) is 0 Å². The third-order valence-electron chi connectivity index (χ3n) is 0.614. The molecular weight excluding hydrogens is 92.1 g/mol. The van der Waals surface area contributed by atoms with Crippen molar-refractivity contribution in [2.24, 2.45) is 5.92 Å². The lowest BCUT2D eigenvalue weighted by molar-refractivity contribution is -0.141. The lowest BCUT2D eigenvalue weighted by Crippen LogP contribution is -2.06. The van der Waals surface area contributed by atoms with Crippen molar-refractivity contribution >= 4 is 5.97 Å². The summed E-state index contributed by atoms with van der Waals surface area (Å²) in [5.74, 6) is -0.322. The summed E-state index contributed by atoms with van der Waals surface area (Å²) >= 11 is 0. The van der Waals surface area contributed by atoms with Crippen molar-refractivity contribution in [3.05, 3.63) is 7.11 Å². The van der Waals surface area contributed by atoms with E-state index in [9.17, 15) is 4.79 Å². The number of carbonyl (C=O) groups excluding carboxylic acids is 1. The van der Waals surface area contributed by atoms with Gasteiger partial charge in [0.2, 0.25) is 0 Å². The van der Waals surface area contributed by atoms with Crippen molar-refractivity contribution in [3.63, 3.8) is 0 Å². The van der Waals surface area contributed by atoms with E-state index < -0.39 is 0 Å². The molecule has 41 valence electrons. The van der Waals surface area contributed by atoms with Crippen molar-refractivity contribution in [1.29, 1.82) is 0 Å². The Morgan fingerprint density at radius 3 is 2.14 bits per heavy atom. The Labute approximate surface area is 43.5 Å². The topological polar surface area (TPSA) is 26.3 Å². The molecule has 2 nitrogen and oxygen atoms in total. The van der Waals surface area contributed by atoms with Crippen LogP contribution in [0.1, 0.15) is 13.8 Å². The van der Waals surface area contributed by atoms with Gasteiger partial charge in [0.25, 0.3) is 0 Å². The van der Waals surface area contributed by atoms with Crippen LogP contribution >= 0.6 is 0 Å². The van der Waals surface area contributed by atoms with Crippen LogP contribution in [0.4, 0.5) is 0 Å². The zero-order valence-electron chi connectivity index (χ0n) is 4.60. The molecule has 0 aliphatic carbocycles. The van der Waals surface area contributed by atoms with Gasteiger partial charge >= 0.3 is 5.97 Å². The second-order valence-electron chi connectivity index (χ2n) is 1.62. The first kappa shape index (κ1) is 6.47. The minimum Gasteiger partial charge on any atom is -0.462 e. The largest absolute Gasteiger partial charge is 0.462 e. The molecule has 0 amide bonds. The number of rotatable bonds is 1. The van der Waals surface area contributed by atoms with Gasteiger partial charge in [-0.05, 0) is 0 Å². The Bertz CT molecular complexity index is 66.5. The first-order valence-corrected chi connectivity index (χ1v) is 2.14. The molecule has 0 aromatic heterocycles. The molecule has 1 radical (unpaired) electrons. The van der Waals surface area contributed by atoms with Gasteiger partial charge < -0.3 is 4.74 Å². The average molecular weight is 101 g/mol. The Morgan fingerprint density at radius 1 is 1.71 bits per heavy atom. The van der Waals surface area contributed by atoms with E-state index in [1.807, 2.05) is 0 Å². The van der Waals surface area contributed by atoms with E-state index in [4.69, 9.17) is 0 Å². The fourth-order valence-corrected chi connectivity index (χ4v) is 0.167. The molecule has 0 fully saturated rings. The van der Waals surface area contributed by atoms with Gasteiger partial charge in [0.15, 0.2) is 0 Å². The number of esters is 1. The van der Waals surface area contributed by atoms with Crippen LogP contribution < -0.4 is 0 Å². The number of ether oxygens (including phenoxy) is 1. The zero-order chi connectivity index (χ0) is 5.86. The molecule has 0 unspecified atom stereocenters. The third kappa shape index (κ3) is 2.20. The van der Waals surface area contributed by atoms with Crippen LogP contribution in [0.5, 0.6) is 0 Å². The van der Waals surface area contributed by atoms with Crippen molar-refractivity contribution < 1.29 is 9.53 Å². The lowest BCUT2D eigenvalue weighted by atomic mass is 10.2. The standard InChI is InChI=1S/C5H9O2/c1-4(2)5(6)7-3/h4H,3H2,1-2H3. The smallest absolute Gasteiger partial charge is 0.308 e. The van der Waals surface area contributed by atoms with Crippen LogP contribution in [-0.2, 0) is 9.53 Å². The summed E-state index contributed by atoms with van der Waals surface area (Å²) in [4.78, 5) is 10.2. The quantitative estimate of drug-likeness (QED) is 0.460. The summed E-state index contributed by atoms with van der Waals surface area (Å²) < 4.78 is 4.12. The van der Waals surface area contributed by atoms with Crippen LogP contribution in [0.25, 0.3) is 0 Å². The molecule has 0 spiro atoms. The lowest BCUT2D eigenvalue weighted by Gasteiger charge is -1.97. The van der Waals surface area contributed by atoms with Gasteiger partial charge in [-0.2, -0.15) is 0 Å². The predicted molar refractivity (Wildman–Crippen MR) is 26.3 cm³/mol. The summed E-state index contributed by atoms with van der Waals surface area (Å²) in [6.07, 6.45) is 0. The van der Waals surface area contributed by atoms with Gasteiger partial charge in [0.1, 0.15) is 7.11 Å². The summed E-state index contributed by atoms with van der Waals surface area (Å²) in [6.45, 7) is 3.51. The molecule has 0 aromatic rings. The highest BCUT2D eigenvalue weighted by molar-refractivity contribution is 5.71. The van der Waals surface area contributed by atoms with Crippen LogP contribution in [0.3, 0.4) is 0 Å². The summed E-state index contributed by atoms with van der Waals surface area (Å²) in [5.41, 5.74) is 0. The minimum absolute atomic E-state index is 0.0579. The van der Waals surface area contributed by atoms with E-state index >= 15 is 0 Å². The van der Waals surface area contributed by atoms with Gasteiger partial charge in [-0.15, -0.1) is 0 Å². The summed E-state index contributed by atoms with van der Waals surface area (Å²) in [6, 6.07) is 0. The molecule has 0 bridgehead atoms. The molecule has 0 N–H and O–H groups in total. The molecule has 0 rings (SSSR count). The van der Waals surface area contributed by atoms with Crippen LogP contribution in [0.15, 0.2) is 0 Å². The first-order valence-electron chi connectivity index (χ1n) is 2.14. The average Bonchev–Trinajstić information content (AvgIpc) is 1.65. The molecule has 0 atom stereocenters. The van der Waals surface area contributed by atoms with Crippen LogP contribution in [-0.4, -0.2) is 5.97 Å². The maximum Gasteiger partial charge on any atom is 0.308 e. The molecule has 0 saturated heterocycles. The normalized spacial score (nSPS) is 9.14. The first-order chi connectivity index (χ1) is 3.18. The Kier molecular flexibility index (Phi) is 2.41. The highest BCUT2D eigenvalue weighted by Gasteiger charge is 2.03. The van der Waals surface area contributed by atoms with Crippen molar-refractivity contribution in [2.45, 2.75) is 13.8 Å². The molecular formula is C5H9O2. The summed E-state index contributed by atoms with van der Waals surface area (Å²) in [5, 5.41) is 0. The number of hydrogen-bond acceptors (Lipinski definition) is 2. The van der Waals surface area contributed by atoms with Gasteiger partial charge in [-0.25, -0.2) is 0 Å². The maximum absolute atomic E-state index is 10.2. The number of hydrogen-bond donors (Lipinski definition) is 0. The van der Waals surface area contributed by atoms with Crippen molar-refractivity contribution in [3.8, 4) is 0 Å². The molecule has 0 saturated carbocycles. The molecule has 0 aliphatic rings.